The Labute approximate surface area is 171 Å². The van der Waals surface area contributed by atoms with Crippen LogP contribution in [0.4, 0.5) is 0 Å². The van der Waals surface area contributed by atoms with E-state index in [1.165, 1.54) is 24.0 Å². The summed E-state index contributed by atoms with van der Waals surface area (Å²) in [5.74, 6) is -0.267. The zero-order valence-corrected chi connectivity index (χ0v) is 16.0. The van der Waals surface area contributed by atoms with E-state index in [4.69, 9.17) is 18.3 Å². The molecule has 0 aliphatic rings. The highest BCUT2D eigenvalue weighted by Crippen LogP contribution is 2.25. The molecular weight excluding hydrogens is 388 g/mol. The summed E-state index contributed by atoms with van der Waals surface area (Å²) in [6.45, 7) is 2.07. The van der Waals surface area contributed by atoms with Crippen molar-refractivity contribution in [3.63, 3.8) is 0 Å². The monoisotopic (exact) mass is 405 g/mol. The lowest BCUT2D eigenvalue weighted by Gasteiger charge is -2.08. The maximum Gasteiger partial charge on any atom is 0.235 e. The summed E-state index contributed by atoms with van der Waals surface area (Å²) in [5.41, 5.74) is 1.21. The molecule has 30 heavy (non-hydrogen) atoms. The second kappa shape index (κ2) is 8.16. The molecule has 7 nitrogen and oxygen atoms in total. The van der Waals surface area contributed by atoms with Crippen LogP contribution < -0.4 is 20.0 Å². The SMILES string of the molecule is CCc1ccc(Oc2coc3cc(OCc4ccc(C(=O)[O-])o4)ccc3c2=O)cc1. The highest BCUT2D eigenvalue weighted by Gasteiger charge is 2.11. The molecule has 0 aliphatic carbocycles. The molecule has 0 saturated heterocycles. The summed E-state index contributed by atoms with van der Waals surface area (Å²) in [6.07, 6.45) is 2.18. The third kappa shape index (κ3) is 4.05. The summed E-state index contributed by atoms with van der Waals surface area (Å²) in [7, 11) is 0. The Hall–Kier alpha value is -4.00. The first-order chi connectivity index (χ1) is 14.5. The lowest BCUT2D eigenvalue weighted by molar-refractivity contribution is -0.257. The molecule has 0 saturated carbocycles. The van der Waals surface area contributed by atoms with E-state index in [1.54, 1.807) is 30.3 Å². The Morgan fingerprint density at radius 2 is 1.80 bits per heavy atom. The van der Waals surface area contributed by atoms with Crippen molar-refractivity contribution in [3.05, 3.63) is 88.2 Å². The number of hydrogen-bond acceptors (Lipinski definition) is 7. The highest BCUT2D eigenvalue weighted by molar-refractivity contribution is 5.82. The lowest BCUT2D eigenvalue weighted by Crippen LogP contribution is -2.21. The van der Waals surface area contributed by atoms with Crippen molar-refractivity contribution in [3.8, 4) is 17.2 Å². The molecule has 2 aromatic heterocycles. The fourth-order valence-electron chi connectivity index (χ4n) is 2.89. The fourth-order valence-corrected chi connectivity index (χ4v) is 2.89. The van der Waals surface area contributed by atoms with Crippen molar-refractivity contribution < 1.29 is 28.2 Å². The molecule has 2 aromatic carbocycles. The van der Waals surface area contributed by atoms with Gasteiger partial charge in [0.1, 0.15) is 47.4 Å². The van der Waals surface area contributed by atoms with Crippen molar-refractivity contribution in [1.82, 2.24) is 0 Å². The maximum atomic E-state index is 12.7. The molecule has 4 rings (SSSR count). The number of benzene rings is 2. The van der Waals surface area contributed by atoms with E-state index in [1.807, 2.05) is 12.1 Å². The molecule has 0 unspecified atom stereocenters. The maximum absolute atomic E-state index is 12.7. The van der Waals surface area contributed by atoms with Crippen LogP contribution >= 0.6 is 0 Å². The number of ether oxygens (including phenoxy) is 2. The van der Waals surface area contributed by atoms with E-state index in [-0.39, 0.29) is 23.5 Å². The molecule has 152 valence electrons. The Morgan fingerprint density at radius 1 is 1.03 bits per heavy atom. The van der Waals surface area contributed by atoms with Crippen molar-refractivity contribution in [2.45, 2.75) is 20.0 Å². The van der Waals surface area contributed by atoms with Crippen LogP contribution in [-0.4, -0.2) is 5.97 Å². The van der Waals surface area contributed by atoms with Gasteiger partial charge in [0.25, 0.3) is 0 Å². The number of hydrogen-bond donors (Lipinski definition) is 0. The molecule has 0 amide bonds. The average Bonchev–Trinajstić information content (AvgIpc) is 3.24. The quantitative estimate of drug-likeness (QED) is 0.462. The minimum Gasteiger partial charge on any atom is -0.542 e. The van der Waals surface area contributed by atoms with Crippen LogP contribution in [0.2, 0.25) is 0 Å². The van der Waals surface area contributed by atoms with E-state index < -0.39 is 5.97 Å². The molecule has 7 heteroatoms. The molecule has 4 aromatic rings. The Balaban J connectivity index is 1.51. The number of aromatic carboxylic acids is 1. The predicted molar refractivity (Wildman–Crippen MR) is 106 cm³/mol. The van der Waals surface area contributed by atoms with E-state index in [0.717, 1.165) is 6.42 Å². The normalized spacial score (nSPS) is 10.8. The van der Waals surface area contributed by atoms with Gasteiger partial charge in [0.05, 0.1) is 5.39 Å². The molecular formula is C23H17O7-. The van der Waals surface area contributed by atoms with Crippen LogP contribution in [0.5, 0.6) is 17.2 Å². The van der Waals surface area contributed by atoms with Crippen LogP contribution in [0, 0.1) is 0 Å². The smallest absolute Gasteiger partial charge is 0.235 e. The summed E-state index contributed by atoms with van der Waals surface area (Å²) in [5, 5.41) is 11.1. The van der Waals surface area contributed by atoms with Gasteiger partial charge in [0, 0.05) is 6.07 Å². The van der Waals surface area contributed by atoms with Crippen molar-refractivity contribution in [1.29, 1.82) is 0 Å². The number of aryl methyl sites for hydroxylation is 1. The van der Waals surface area contributed by atoms with Gasteiger partial charge in [-0.25, -0.2) is 0 Å². The molecule has 0 bridgehead atoms. The van der Waals surface area contributed by atoms with Crippen molar-refractivity contribution in [2.24, 2.45) is 0 Å². The molecule has 0 aliphatic heterocycles. The molecule has 0 atom stereocenters. The third-order valence-electron chi connectivity index (χ3n) is 4.52. The third-order valence-corrected chi connectivity index (χ3v) is 4.52. The molecule has 2 heterocycles. The second-order valence-corrected chi connectivity index (χ2v) is 6.53. The first-order valence-corrected chi connectivity index (χ1v) is 9.28. The minimum absolute atomic E-state index is 0.0119. The van der Waals surface area contributed by atoms with Crippen LogP contribution in [0.1, 0.15) is 28.8 Å². The number of carboxylic acid groups (broad SMARTS) is 1. The van der Waals surface area contributed by atoms with E-state index in [2.05, 4.69) is 6.92 Å². The Kier molecular flexibility index (Phi) is 5.26. The minimum atomic E-state index is -1.40. The van der Waals surface area contributed by atoms with Gasteiger partial charge in [-0.2, -0.15) is 0 Å². The van der Waals surface area contributed by atoms with E-state index in [9.17, 15) is 14.7 Å². The van der Waals surface area contributed by atoms with Crippen molar-refractivity contribution in [2.75, 3.05) is 0 Å². The number of carbonyl (C=O) groups is 1. The van der Waals surface area contributed by atoms with Gasteiger partial charge in [-0.15, -0.1) is 0 Å². The summed E-state index contributed by atoms with van der Waals surface area (Å²) in [4.78, 5) is 23.5. The molecule has 0 spiro atoms. The number of rotatable bonds is 7. The second-order valence-electron chi connectivity index (χ2n) is 6.53. The molecule has 0 radical (unpaired) electrons. The fraction of sp³-hybridized carbons (Fsp3) is 0.130. The first kappa shape index (κ1) is 19.3. The number of fused-ring (bicyclic) bond motifs is 1. The van der Waals surface area contributed by atoms with E-state index >= 15 is 0 Å². The summed E-state index contributed by atoms with van der Waals surface area (Å²) < 4.78 is 21.9. The van der Waals surface area contributed by atoms with Crippen LogP contribution in [0.3, 0.4) is 0 Å². The number of carboxylic acids is 1. The number of carbonyl (C=O) groups excluding carboxylic acids is 1. The van der Waals surface area contributed by atoms with E-state index in [0.29, 0.717) is 28.2 Å². The van der Waals surface area contributed by atoms with Gasteiger partial charge in [-0.05, 0) is 48.4 Å². The van der Waals surface area contributed by atoms with Gasteiger partial charge in [0.15, 0.2) is 0 Å². The standard InChI is InChI=1S/C23H18O7/c1-2-14-3-5-15(6-4-14)29-21-13-28-20-11-16(7-9-18(20)22(21)24)27-12-17-8-10-19(30-17)23(25)26/h3-11,13H,2,12H2,1H3,(H,25,26)/p-1. The average molecular weight is 405 g/mol. The van der Waals surface area contributed by atoms with Crippen molar-refractivity contribution >= 4 is 16.9 Å². The Morgan fingerprint density at radius 3 is 2.50 bits per heavy atom. The Bertz CT molecular complexity index is 1250. The van der Waals surface area contributed by atoms with Gasteiger partial charge >= 0.3 is 0 Å². The summed E-state index contributed by atoms with van der Waals surface area (Å²) >= 11 is 0. The highest BCUT2D eigenvalue weighted by atomic mass is 16.5. The zero-order valence-electron chi connectivity index (χ0n) is 16.0. The molecule has 0 fully saturated rings. The van der Waals surface area contributed by atoms with Gasteiger partial charge < -0.3 is 28.2 Å². The zero-order chi connectivity index (χ0) is 21.1. The first-order valence-electron chi connectivity index (χ1n) is 9.28. The van der Waals surface area contributed by atoms with Crippen LogP contribution in [-0.2, 0) is 13.0 Å². The van der Waals surface area contributed by atoms with Crippen LogP contribution in [0.15, 0.2) is 74.5 Å². The van der Waals surface area contributed by atoms with Gasteiger partial charge in [-0.3, -0.25) is 4.79 Å². The topological polar surface area (TPSA) is 102 Å². The van der Waals surface area contributed by atoms with Gasteiger partial charge in [0.2, 0.25) is 11.2 Å². The summed E-state index contributed by atoms with van der Waals surface area (Å²) in [6, 6.07) is 15.0. The lowest BCUT2D eigenvalue weighted by atomic mass is 10.2. The molecule has 0 N–H and O–H groups in total. The number of furan rings is 1. The predicted octanol–water partition coefficient (Wildman–Crippen LogP) is 3.68. The van der Waals surface area contributed by atoms with Crippen LogP contribution in [0.25, 0.3) is 11.0 Å². The van der Waals surface area contributed by atoms with Gasteiger partial charge in [-0.1, -0.05) is 19.1 Å². The largest absolute Gasteiger partial charge is 0.542 e.